The van der Waals surface area contributed by atoms with E-state index < -0.39 is 0 Å². The lowest BCUT2D eigenvalue weighted by Gasteiger charge is -2.22. The number of aryl methyl sites for hydroxylation is 2. The number of fused-ring (bicyclic) bond motifs is 1. The predicted octanol–water partition coefficient (Wildman–Crippen LogP) is 4.37. The highest BCUT2D eigenvalue weighted by Crippen LogP contribution is 2.32. The van der Waals surface area contributed by atoms with Crippen molar-refractivity contribution in [1.82, 2.24) is 0 Å². The van der Waals surface area contributed by atoms with Crippen molar-refractivity contribution < 1.29 is 4.79 Å². The van der Waals surface area contributed by atoms with Gasteiger partial charge in [-0.15, -0.1) is 11.8 Å². The van der Waals surface area contributed by atoms with E-state index in [9.17, 15) is 4.79 Å². The molecule has 114 valence electrons. The summed E-state index contributed by atoms with van der Waals surface area (Å²) in [7, 11) is 0. The van der Waals surface area contributed by atoms with Gasteiger partial charge in [0, 0.05) is 17.1 Å². The van der Waals surface area contributed by atoms with E-state index in [1.807, 2.05) is 24.0 Å². The van der Waals surface area contributed by atoms with Crippen LogP contribution in [0, 0.1) is 13.8 Å². The third-order valence-corrected chi connectivity index (χ3v) is 5.40. The second kappa shape index (κ2) is 6.17. The third kappa shape index (κ3) is 2.91. The van der Waals surface area contributed by atoms with Crippen molar-refractivity contribution in [2.45, 2.75) is 37.3 Å². The molecule has 1 heterocycles. The average molecular weight is 311 g/mol. The molecular formula is C19H21NOS. The maximum Gasteiger partial charge on any atom is 0.240 e. The minimum absolute atomic E-state index is 0.0763. The maximum atomic E-state index is 12.8. The van der Waals surface area contributed by atoms with Crippen molar-refractivity contribution in [2.75, 3.05) is 11.4 Å². The smallest absolute Gasteiger partial charge is 0.240 e. The van der Waals surface area contributed by atoms with Crippen molar-refractivity contribution >= 4 is 23.4 Å². The monoisotopic (exact) mass is 311 g/mol. The fourth-order valence-electron chi connectivity index (χ4n) is 2.96. The lowest BCUT2D eigenvalue weighted by atomic mass is 10.2. The summed E-state index contributed by atoms with van der Waals surface area (Å²) in [6, 6.07) is 14.6. The first-order chi connectivity index (χ1) is 10.6. The van der Waals surface area contributed by atoms with Crippen molar-refractivity contribution in [3.8, 4) is 0 Å². The van der Waals surface area contributed by atoms with Crippen LogP contribution in [0.1, 0.15) is 23.6 Å². The Morgan fingerprint density at radius 3 is 2.73 bits per heavy atom. The molecule has 0 spiro atoms. The summed E-state index contributed by atoms with van der Waals surface area (Å²) < 4.78 is 0. The number of rotatable bonds is 3. The molecule has 1 atom stereocenters. The van der Waals surface area contributed by atoms with Crippen LogP contribution < -0.4 is 4.90 Å². The highest BCUT2D eigenvalue weighted by molar-refractivity contribution is 8.00. The first-order valence-corrected chi connectivity index (χ1v) is 8.57. The Hall–Kier alpha value is -1.74. The zero-order valence-corrected chi connectivity index (χ0v) is 14.1. The number of nitrogens with zero attached hydrogens (tertiary/aromatic N) is 1. The van der Waals surface area contributed by atoms with E-state index >= 15 is 0 Å². The van der Waals surface area contributed by atoms with Gasteiger partial charge in [-0.2, -0.15) is 0 Å². The van der Waals surface area contributed by atoms with Crippen LogP contribution in [0.5, 0.6) is 0 Å². The number of anilines is 1. The molecule has 1 unspecified atom stereocenters. The molecule has 0 aliphatic carbocycles. The topological polar surface area (TPSA) is 20.3 Å². The number of thioether (sulfide) groups is 1. The van der Waals surface area contributed by atoms with Crippen molar-refractivity contribution in [3.63, 3.8) is 0 Å². The minimum Gasteiger partial charge on any atom is -0.311 e. The summed E-state index contributed by atoms with van der Waals surface area (Å²) in [6.45, 7) is 7.01. The van der Waals surface area contributed by atoms with Gasteiger partial charge in [0.2, 0.25) is 5.91 Å². The van der Waals surface area contributed by atoms with Gasteiger partial charge in [0.15, 0.2) is 0 Å². The van der Waals surface area contributed by atoms with Crippen LogP contribution >= 0.6 is 11.8 Å². The predicted molar refractivity (Wildman–Crippen MR) is 93.7 cm³/mol. The number of hydrogen-bond acceptors (Lipinski definition) is 2. The second-order valence-corrected chi connectivity index (χ2v) is 7.28. The van der Waals surface area contributed by atoms with Gasteiger partial charge in [-0.25, -0.2) is 0 Å². The molecule has 3 rings (SSSR count). The molecule has 22 heavy (non-hydrogen) atoms. The number of amides is 1. The summed E-state index contributed by atoms with van der Waals surface area (Å²) in [4.78, 5) is 15.9. The van der Waals surface area contributed by atoms with Crippen LogP contribution in [0.3, 0.4) is 0 Å². The molecule has 0 saturated carbocycles. The quantitative estimate of drug-likeness (QED) is 0.784. The van der Waals surface area contributed by atoms with Crippen LogP contribution in [0.2, 0.25) is 0 Å². The number of hydrogen-bond donors (Lipinski definition) is 0. The van der Waals surface area contributed by atoms with Gasteiger partial charge < -0.3 is 4.90 Å². The molecule has 1 amide bonds. The highest BCUT2D eigenvalue weighted by Gasteiger charge is 2.28. The highest BCUT2D eigenvalue weighted by atomic mass is 32.2. The molecule has 2 nitrogen and oxygen atoms in total. The van der Waals surface area contributed by atoms with Crippen LogP contribution in [-0.4, -0.2) is 17.7 Å². The Labute approximate surface area is 136 Å². The van der Waals surface area contributed by atoms with Crippen LogP contribution in [0.25, 0.3) is 0 Å². The van der Waals surface area contributed by atoms with E-state index in [4.69, 9.17) is 0 Å². The fourth-order valence-corrected chi connectivity index (χ4v) is 3.96. The van der Waals surface area contributed by atoms with Gasteiger partial charge in [-0.3, -0.25) is 4.79 Å². The molecule has 1 aliphatic heterocycles. The minimum atomic E-state index is -0.0763. The van der Waals surface area contributed by atoms with Gasteiger partial charge in [0.1, 0.15) is 0 Å². The van der Waals surface area contributed by atoms with E-state index in [2.05, 4.69) is 44.2 Å². The first-order valence-electron chi connectivity index (χ1n) is 7.69. The van der Waals surface area contributed by atoms with Crippen LogP contribution in [0.15, 0.2) is 47.4 Å². The van der Waals surface area contributed by atoms with E-state index in [0.717, 1.165) is 18.7 Å². The number of carbonyl (C=O) groups excluding carboxylic acids is 1. The maximum absolute atomic E-state index is 12.8. The van der Waals surface area contributed by atoms with Gasteiger partial charge in [-0.1, -0.05) is 35.9 Å². The average Bonchev–Trinajstić information content (AvgIpc) is 2.93. The Bertz CT molecular complexity index is 710. The van der Waals surface area contributed by atoms with Gasteiger partial charge >= 0.3 is 0 Å². The Morgan fingerprint density at radius 1 is 1.18 bits per heavy atom. The van der Waals surface area contributed by atoms with Crippen molar-refractivity contribution in [2.24, 2.45) is 0 Å². The fraction of sp³-hybridized carbons (Fsp3) is 0.316. The molecule has 1 aliphatic rings. The Balaban J connectivity index is 1.76. The van der Waals surface area contributed by atoms with Gasteiger partial charge in [0.05, 0.1) is 5.25 Å². The first kappa shape index (κ1) is 15.2. The van der Waals surface area contributed by atoms with Crippen LogP contribution in [-0.2, 0) is 11.2 Å². The number of benzene rings is 2. The zero-order valence-electron chi connectivity index (χ0n) is 13.3. The molecule has 0 saturated heterocycles. The summed E-state index contributed by atoms with van der Waals surface area (Å²) in [5.74, 6) is 0.204. The van der Waals surface area contributed by atoms with E-state index in [-0.39, 0.29) is 11.2 Å². The molecule has 0 radical (unpaired) electrons. The van der Waals surface area contributed by atoms with E-state index in [1.54, 1.807) is 11.8 Å². The number of carbonyl (C=O) groups is 1. The molecule has 2 aromatic rings. The van der Waals surface area contributed by atoms with Crippen LogP contribution in [0.4, 0.5) is 5.69 Å². The van der Waals surface area contributed by atoms with Gasteiger partial charge in [-0.05, 0) is 50.5 Å². The summed E-state index contributed by atoms with van der Waals surface area (Å²) in [5.41, 5.74) is 4.86. The molecule has 0 aromatic heterocycles. The summed E-state index contributed by atoms with van der Waals surface area (Å²) >= 11 is 1.66. The molecule has 2 aromatic carbocycles. The molecule has 0 fully saturated rings. The second-order valence-electron chi connectivity index (χ2n) is 5.90. The van der Waals surface area contributed by atoms with E-state index in [1.165, 1.54) is 21.6 Å². The lowest BCUT2D eigenvalue weighted by Crippen LogP contribution is -2.35. The molecular weight excluding hydrogens is 290 g/mol. The third-order valence-electron chi connectivity index (χ3n) is 4.14. The Kier molecular flexibility index (Phi) is 4.25. The SMILES string of the molecule is Cc1ccc(SC(C)C(=O)N2CCc3ccccc32)c(C)c1. The van der Waals surface area contributed by atoms with Crippen molar-refractivity contribution in [1.29, 1.82) is 0 Å². The van der Waals surface area contributed by atoms with Crippen molar-refractivity contribution in [3.05, 3.63) is 59.2 Å². The molecule has 3 heteroatoms. The summed E-state index contributed by atoms with van der Waals surface area (Å²) in [6.07, 6.45) is 0.961. The largest absolute Gasteiger partial charge is 0.311 e. The van der Waals surface area contributed by atoms with E-state index in [0.29, 0.717) is 0 Å². The number of para-hydroxylation sites is 1. The summed E-state index contributed by atoms with van der Waals surface area (Å²) in [5, 5.41) is -0.0763. The molecule has 0 bridgehead atoms. The lowest BCUT2D eigenvalue weighted by molar-refractivity contribution is -0.117. The normalized spacial score (nSPS) is 14.8. The van der Waals surface area contributed by atoms with Gasteiger partial charge in [0.25, 0.3) is 0 Å². The standard InChI is InChI=1S/C19H21NOS/c1-13-8-9-18(14(2)12-13)22-15(3)19(21)20-11-10-16-6-4-5-7-17(16)20/h4-9,12,15H,10-11H2,1-3H3. The zero-order chi connectivity index (χ0) is 15.7. The Morgan fingerprint density at radius 2 is 1.95 bits per heavy atom. The molecule has 0 N–H and O–H groups in total.